The molecule has 5 nitrogen and oxygen atoms in total. The quantitative estimate of drug-likeness (QED) is 0.126. The highest BCUT2D eigenvalue weighted by Crippen LogP contribution is 2.15. The molecule has 0 atom stereocenters. The van der Waals surface area contributed by atoms with E-state index in [2.05, 4.69) is 11.6 Å². The summed E-state index contributed by atoms with van der Waals surface area (Å²) in [4.78, 5) is 10.4. The molecule has 0 radical (unpaired) electrons. The number of carboxylic acid groups (broad SMARTS) is 1. The van der Waals surface area contributed by atoms with Crippen molar-refractivity contribution in [1.29, 1.82) is 0 Å². The molecule has 0 saturated carbocycles. The van der Waals surface area contributed by atoms with Crippen molar-refractivity contribution in [2.45, 2.75) is 148 Å². The summed E-state index contributed by atoms with van der Waals surface area (Å²) in [6.07, 6.45) is 28.8. The van der Waals surface area contributed by atoms with Crippen LogP contribution in [0.4, 0.5) is 0 Å². The molecule has 0 amide bonds. The Morgan fingerprint density at radius 3 is 1.12 bits per heavy atom. The van der Waals surface area contributed by atoms with Crippen LogP contribution in [-0.2, 0) is 14.8 Å². The van der Waals surface area contributed by atoms with Crippen LogP contribution in [0.3, 0.4) is 0 Å². The second-order valence-electron chi connectivity index (χ2n) is 9.46. The molecule has 0 saturated heterocycles. The molecule has 2 N–H and O–H groups in total. The molecule has 32 heavy (non-hydrogen) atoms. The van der Waals surface area contributed by atoms with E-state index in [1.807, 2.05) is 0 Å². The van der Waals surface area contributed by atoms with Gasteiger partial charge in [-0.2, -0.15) is 0 Å². The number of carboxylic acids is 1. The number of hydrogen-bond acceptors (Lipinski definition) is 3. The number of unbranched alkanes of at least 4 members (excludes halogenated alkanes) is 21. The van der Waals surface area contributed by atoms with E-state index in [0.717, 1.165) is 12.8 Å². The van der Waals surface area contributed by atoms with Crippen LogP contribution in [0.15, 0.2) is 0 Å². The first kappa shape index (κ1) is 31.4. The lowest BCUT2D eigenvalue weighted by molar-refractivity contribution is -0.135. The number of hydrogen-bond donors (Lipinski definition) is 2. The molecule has 6 heteroatoms. The Labute approximate surface area is 199 Å². The van der Waals surface area contributed by atoms with Gasteiger partial charge in [0, 0.05) is 0 Å². The highest BCUT2D eigenvalue weighted by Gasteiger charge is 2.10. The van der Waals surface area contributed by atoms with Crippen molar-refractivity contribution in [3.05, 3.63) is 0 Å². The second-order valence-corrected chi connectivity index (χ2v) is 11.4. The molecule has 0 rings (SSSR count). The molecule has 192 valence electrons. The Kier molecular flexibility index (Phi) is 23.1. The van der Waals surface area contributed by atoms with Gasteiger partial charge in [-0.1, -0.05) is 142 Å². The van der Waals surface area contributed by atoms with Crippen LogP contribution in [0.25, 0.3) is 0 Å². The van der Waals surface area contributed by atoms with Crippen LogP contribution >= 0.6 is 0 Å². The first-order valence-electron chi connectivity index (χ1n) is 13.7. The summed E-state index contributed by atoms with van der Waals surface area (Å²) < 4.78 is 25.2. The molecule has 0 heterocycles. The number of nitrogens with one attached hydrogen (secondary N) is 1. The second kappa shape index (κ2) is 23.5. The summed E-state index contributed by atoms with van der Waals surface area (Å²) in [5, 5.41) is 8.50. The molecule has 0 aliphatic carbocycles. The standard InChI is InChI=1S/C26H53NO4S/c1-2-3-4-5-6-7-8-9-10-11-12-13-14-15-16-17-18-19-20-21-22-23-24-32(30,31)27-25-26(28)29/h27H,2-25H2,1H3,(H,28,29). The molecule has 0 unspecified atom stereocenters. The Bertz CT molecular complexity index is 508. The summed E-state index contributed by atoms with van der Waals surface area (Å²) in [7, 11) is -3.43. The third-order valence-electron chi connectivity index (χ3n) is 6.21. The first-order valence-corrected chi connectivity index (χ1v) is 15.3. The number of aliphatic carboxylic acids is 1. The van der Waals surface area contributed by atoms with Crippen molar-refractivity contribution in [2.24, 2.45) is 0 Å². The normalized spacial score (nSPS) is 11.8. The Balaban J connectivity index is 3.17. The minimum absolute atomic E-state index is 0.0272. The summed E-state index contributed by atoms with van der Waals surface area (Å²) in [5.74, 6) is -1.12. The van der Waals surface area contributed by atoms with Gasteiger partial charge in [-0.15, -0.1) is 0 Å². The first-order chi connectivity index (χ1) is 15.5. The van der Waals surface area contributed by atoms with E-state index in [1.54, 1.807) is 0 Å². The maximum absolute atomic E-state index is 11.6. The Morgan fingerprint density at radius 2 is 0.844 bits per heavy atom. The minimum atomic E-state index is -3.43. The van der Waals surface area contributed by atoms with Crippen LogP contribution in [0, 0.1) is 0 Å². The van der Waals surface area contributed by atoms with Gasteiger partial charge in [0.05, 0.1) is 5.75 Å². The lowest BCUT2D eigenvalue weighted by Gasteiger charge is -2.05. The summed E-state index contributed by atoms with van der Waals surface area (Å²) in [5.41, 5.74) is 0. The van der Waals surface area contributed by atoms with E-state index in [9.17, 15) is 13.2 Å². The predicted molar refractivity (Wildman–Crippen MR) is 137 cm³/mol. The van der Waals surface area contributed by atoms with Crippen LogP contribution in [0.5, 0.6) is 0 Å². The minimum Gasteiger partial charge on any atom is -0.480 e. The summed E-state index contributed by atoms with van der Waals surface area (Å²) >= 11 is 0. The van der Waals surface area contributed by atoms with Crippen LogP contribution in [-0.4, -0.2) is 31.8 Å². The van der Waals surface area contributed by atoms with Crippen molar-refractivity contribution in [3.8, 4) is 0 Å². The Hall–Kier alpha value is -0.620. The molecule has 0 aromatic carbocycles. The van der Waals surface area contributed by atoms with Gasteiger partial charge in [-0.25, -0.2) is 13.1 Å². The molecule has 0 aliphatic heterocycles. The fraction of sp³-hybridized carbons (Fsp3) is 0.962. The predicted octanol–water partition coefficient (Wildman–Crippen LogP) is 7.59. The van der Waals surface area contributed by atoms with E-state index in [-0.39, 0.29) is 5.75 Å². The van der Waals surface area contributed by atoms with Crippen molar-refractivity contribution < 1.29 is 18.3 Å². The van der Waals surface area contributed by atoms with E-state index >= 15 is 0 Å². The average molecular weight is 476 g/mol. The SMILES string of the molecule is CCCCCCCCCCCCCCCCCCCCCCCCS(=O)(=O)NCC(=O)O. The van der Waals surface area contributed by atoms with Gasteiger partial charge < -0.3 is 5.11 Å². The van der Waals surface area contributed by atoms with Gasteiger partial charge in [-0.3, -0.25) is 4.79 Å². The smallest absolute Gasteiger partial charge is 0.318 e. The van der Waals surface area contributed by atoms with Crippen molar-refractivity contribution in [1.82, 2.24) is 4.72 Å². The molecule has 0 spiro atoms. The largest absolute Gasteiger partial charge is 0.480 e. The van der Waals surface area contributed by atoms with Crippen molar-refractivity contribution in [3.63, 3.8) is 0 Å². The molecular formula is C26H53NO4S. The molecule has 0 aromatic heterocycles. The molecular weight excluding hydrogens is 422 g/mol. The van der Waals surface area contributed by atoms with E-state index in [1.165, 1.54) is 122 Å². The number of sulfonamides is 1. The summed E-state index contributed by atoms with van der Waals surface area (Å²) in [6.45, 7) is 1.75. The summed E-state index contributed by atoms with van der Waals surface area (Å²) in [6, 6.07) is 0. The zero-order valence-corrected chi connectivity index (χ0v) is 21.9. The van der Waals surface area contributed by atoms with E-state index in [4.69, 9.17) is 5.11 Å². The molecule has 0 aliphatic rings. The molecule has 0 bridgehead atoms. The van der Waals surface area contributed by atoms with Gasteiger partial charge in [0.1, 0.15) is 6.54 Å². The highest BCUT2D eigenvalue weighted by atomic mass is 32.2. The molecule has 0 aromatic rings. The van der Waals surface area contributed by atoms with Gasteiger partial charge >= 0.3 is 5.97 Å². The number of carbonyl (C=O) groups is 1. The fourth-order valence-corrected chi connectivity index (χ4v) is 5.22. The molecule has 0 fully saturated rings. The van der Waals surface area contributed by atoms with Gasteiger partial charge in [-0.05, 0) is 6.42 Å². The zero-order valence-electron chi connectivity index (χ0n) is 21.1. The van der Waals surface area contributed by atoms with Gasteiger partial charge in [0.25, 0.3) is 0 Å². The fourth-order valence-electron chi connectivity index (χ4n) is 4.14. The van der Waals surface area contributed by atoms with Crippen LogP contribution in [0.2, 0.25) is 0 Å². The average Bonchev–Trinajstić information content (AvgIpc) is 2.76. The van der Waals surface area contributed by atoms with E-state index in [0.29, 0.717) is 6.42 Å². The maximum atomic E-state index is 11.6. The maximum Gasteiger partial charge on any atom is 0.318 e. The highest BCUT2D eigenvalue weighted by molar-refractivity contribution is 7.89. The lowest BCUT2D eigenvalue weighted by Crippen LogP contribution is -2.31. The zero-order chi connectivity index (χ0) is 23.8. The van der Waals surface area contributed by atoms with Crippen molar-refractivity contribution in [2.75, 3.05) is 12.3 Å². The topological polar surface area (TPSA) is 83.5 Å². The third-order valence-corrected chi connectivity index (χ3v) is 7.62. The monoisotopic (exact) mass is 475 g/mol. The van der Waals surface area contributed by atoms with Crippen molar-refractivity contribution >= 4 is 16.0 Å². The lowest BCUT2D eigenvalue weighted by atomic mass is 10.0. The Morgan fingerprint density at radius 1 is 0.562 bits per heavy atom. The third kappa shape index (κ3) is 25.6. The van der Waals surface area contributed by atoms with E-state index < -0.39 is 22.5 Å². The van der Waals surface area contributed by atoms with Crippen LogP contribution in [0.1, 0.15) is 148 Å². The number of rotatable bonds is 26. The van der Waals surface area contributed by atoms with Gasteiger partial charge in [0.2, 0.25) is 10.0 Å². The van der Waals surface area contributed by atoms with Gasteiger partial charge in [0.15, 0.2) is 0 Å². The van der Waals surface area contributed by atoms with Crippen LogP contribution < -0.4 is 4.72 Å².